The van der Waals surface area contributed by atoms with Gasteiger partial charge in [-0.25, -0.2) is 0 Å². The van der Waals surface area contributed by atoms with Gasteiger partial charge in [0.05, 0.1) is 0 Å². The molecule has 0 bridgehead atoms. The summed E-state index contributed by atoms with van der Waals surface area (Å²) in [5, 5.41) is 0. The molecule has 0 aromatic carbocycles. The number of carbonyl (C=O) groups excluding carboxylic acids is 6. The molecular formula is C6O6Os. The quantitative estimate of drug-likeness (QED) is 0.479. The van der Waals surface area contributed by atoms with E-state index in [1.165, 1.54) is 0 Å². The number of hydrogen-bond acceptors (Lipinski definition) is 6. The van der Waals surface area contributed by atoms with Crippen molar-refractivity contribution in [2.45, 2.75) is 0 Å². The van der Waals surface area contributed by atoms with E-state index in [0.29, 0.717) is 0 Å². The van der Waals surface area contributed by atoms with Gasteiger partial charge in [-0.2, -0.15) is 0 Å². The zero-order valence-corrected chi connectivity index (χ0v) is 8.34. The maximum atomic E-state index is 7.50. The van der Waals surface area contributed by atoms with E-state index in [1.54, 1.807) is 0 Å². The fourth-order valence-electron chi connectivity index (χ4n) is 0. The van der Waals surface area contributed by atoms with Gasteiger partial charge in [-0.15, -0.1) is 0 Å². The van der Waals surface area contributed by atoms with Gasteiger partial charge in [-0.05, 0) is 0 Å². The third-order valence-corrected chi connectivity index (χ3v) is 0. The van der Waals surface area contributed by atoms with Crippen LogP contribution in [-0.2, 0) is 48.6 Å². The molecule has 0 aliphatic rings. The average molecular weight is 358 g/mol. The molecule has 0 aromatic heterocycles. The minimum Gasteiger partial charge on any atom is -0.281 e. The Bertz CT molecular complexity index is 32.6. The SMILES string of the molecule is [C]=O.[C]=O.[C]=O.[C]=O.[C]=O.[C]=O.[Os]. The molecule has 68 valence electrons. The fourth-order valence-corrected chi connectivity index (χ4v) is 0. The second-order valence-electron chi connectivity index (χ2n) is 0. The van der Waals surface area contributed by atoms with Crippen molar-refractivity contribution in [1.82, 2.24) is 0 Å². The molecule has 0 aliphatic heterocycles. The minimum atomic E-state index is 0. The van der Waals surface area contributed by atoms with Crippen molar-refractivity contribution >= 4 is 40.7 Å². The summed E-state index contributed by atoms with van der Waals surface area (Å²) in [4.78, 5) is 45.0. The second-order valence-corrected chi connectivity index (χ2v) is 0. The normalized spacial score (nSPS) is 1.85. The Morgan fingerprint density at radius 3 is 0.308 bits per heavy atom. The Balaban J connectivity index is -0.00000000655. The van der Waals surface area contributed by atoms with E-state index in [9.17, 15) is 0 Å². The van der Waals surface area contributed by atoms with Gasteiger partial charge in [-0.1, -0.05) is 0 Å². The van der Waals surface area contributed by atoms with Gasteiger partial charge in [0, 0.05) is 19.8 Å². The fraction of sp³-hybridized carbons (Fsp3) is 0. The van der Waals surface area contributed by atoms with Crippen LogP contribution in [0.15, 0.2) is 0 Å². The first kappa shape index (κ1) is 61.1. The van der Waals surface area contributed by atoms with E-state index >= 15 is 0 Å². The summed E-state index contributed by atoms with van der Waals surface area (Å²) < 4.78 is 0. The summed E-state index contributed by atoms with van der Waals surface area (Å²) >= 11 is 0. The minimum absolute atomic E-state index is 0. The standard InChI is InChI=1S/6CO.Os/c6*1-2;. The molecule has 0 unspecified atom stereocenters. The van der Waals surface area contributed by atoms with Gasteiger partial charge in [0.15, 0.2) is 0 Å². The molecule has 0 fully saturated rings. The Kier molecular flexibility index (Phi) is 2580. The summed E-state index contributed by atoms with van der Waals surface area (Å²) in [7, 11) is 0. The summed E-state index contributed by atoms with van der Waals surface area (Å²) in [6.07, 6.45) is 0. The first-order valence-corrected chi connectivity index (χ1v) is 1.22. The topological polar surface area (TPSA) is 102 Å². The molecule has 0 aromatic rings. The van der Waals surface area contributed by atoms with E-state index in [1.807, 2.05) is 0 Å². The summed E-state index contributed by atoms with van der Waals surface area (Å²) in [5.74, 6) is 0. The molecule has 0 N–H and O–H groups in total. The Labute approximate surface area is 89.7 Å². The van der Waals surface area contributed by atoms with Gasteiger partial charge in [0.1, 0.15) is 0 Å². The van der Waals surface area contributed by atoms with Crippen molar-refractivity contribution in [3.63, 3.8) is 0 Å². The summed E-state index contributed by atoms with van der Waals surface area (Å²) in [6.45, 7) is 27.0. The molecule has 0 amide bonds. The average Bonchev–Trinajstić information content (AvgIpc) is 2.33. The summed E-state index contributed by atoms with van der Waals surface area (Å²) in [6, 6.07) is 0. The maximum absolute atomic E-state index is 7.50. The molecule has 0 aliphatic carbocycles. The van der Waals surface area contributed by atoms with Crippen LogP contribution in [0.5, 0.6) is 0 Å². The van der Waals surface area contributed by atoms with Crippen molar-refractivity contribution in [2.24, 2.45) is 0 Å². The molecule has 6 nitrogen and oxygen atoms in total. The zero-order valence-electron chi connectivity index (χ0n) is 5.80. The second kappa shape index (κ2) is 550. The third-order valence-electron chi connectivity index (χ3n) is 0. The zero-order chi connectivity index (χ0) is 12.0. The van der Waals surface area contributed by atoms with Crippen LogP contribution in [0, 0.1) is 0 Å². The molecule has 0 spiro atoms. The van der Waals surface area contributed by atoms with Gasteiger partial charge in [0.25, 0.3) is 40.7 Å². The molecule has 0 rings (SSSR count). The molecule has 0 saturated heterocycles. The van der Waals surface area contributed by atoms with Crippen LogP contribution in [0.4, 0.5) is 0 Å². The molecule has 0 saturated carbocycles. The van der Waals surface area contributed by atoms with Crippen molar-refractivity contribution in [1.29, 1.82) is 0 Å². The Hall–Kier alpha value is -1.34. The van der Waals surface area contributed by atoms with E-state index in [-0.39, 0.29) is 19.8 Å². The van der Waals surface area contributed by atoms with E-state index in [2.05, 4.69) is 40.7 Å². The molecule has 13 heavy (non-hydrogen) atoms. The Morgan fingerprint density at radius 1 is 0.308 bits per heavy atom. The van der Waals surface area contributed by atoms with Crippen LogP contribution in [-0.4, -0.2) is 40.7 Å². The molecule has 7 heteroatoms. The predicted molar refractivity (Wildman–Crippen MR) is 34.2 cm³/mol. The van der Waals surface area contributed by atoms with Crippen molar-refractivity contribution in [2.75, 3.05) is 0 Å². The van der Waals surface area contributed by atoms with E-state index in [4.69, 9.17) is 28.8 Å². The van der Waals surface area contributed by atoms with Crippen LogP contribution < -0.4 is 0 Å². The van der Waals surface area contributed by atoms with Crippen LogP contribution in [0.3, 0.4) is 0 Å². The first-order chi connectivity index (χ1) is 6.00. The maximum Gasteiger partial charge on any atom is 0.281 e. The van der Waals surface area contributed by atoms with Crippen molar-refractivity contribution in [3.8, 4) is 0 Å². The summed E-state index contributed by atoms with van der Waals surface area (Å²) in [5.41, 5.74) is 0. The first-order valence-electron chi connectivity index (χ1n) is 1.22. The van der Waals surface area contributed by atoms with Crippen LogP contribution >= 0.6 is 0 Å². The third kappa shape index (κ3) is 442. The van der Waals surface area contributed by atoms with Gasteiger partial charge >= 0.3 is 0 Å². The van der Waals surface area contributed by atoms with E-state index in [0.717, 1.165) is 0 Å². The van der Waals surface area contributed by atoms with Crippen LogP contribution in [0.25, 0.3) is 0 Å². The number of rotatable bonds is 0. The molecule has 12 radical (unpaired) electrons. The van der Waals surface area contributed by atoms with Crippen molar-refractivity contribution < 1.29 is 48.6 Å². The van der Waals surface area contributed by atoms with Gasteiger partial charge in [0.2, 0.25) is 0 Å². The number of hydrogen-bond donors (Lipinski definition) is 0. The molecular weight excluding hydrogens is 358 g/mol. The molecule has 0 atom stereocenters. The van der Waals surface area contributed by atoms with Crippen molar-refractivity contribution in [3.05, 3.63) is 0 Å². The Morgan fingerprint density at radius 2 is 0.308 bits per heavy atom. The van der Waals surface area contributed by atoms with Gasteiger partial charge < -0.3 is 0 Å². The predicted octanol–water partition coefficient (Wildman–Crippen LogP) is -2.39. The van der Waals surface area contributed by atoms with Crippen LogP contribution in [0.2, 0.25) is 0 Å². The smallest absolute Gasteiger partial charge is 0.281 e. The largest absolute Gasteiger partial charge is 0.281 e. The van der Waals surface area contributed by atoms with E-state index < -0.39 is 0 Å². The molecule has 0 heterocycles. The van der Waals surface area contributed by atoms with Gasteiger partial charge in [-0.3, -0.25) is 28.8 Å². The van der Waals surface area contributed by atoms with Crippen LogP contribution in [0.1, 0.15) is 0 Å². The monoisotopic (exact) mass is 360 g/mol.